The second kappa shape index (κ2) is 4.56. The third-order valence-electron chi connectivity index (χ3n) is 2.91. The minimum absolute atomic E-state index is 0.150. The van der Waals surface area contributed by atoms with Crippen LogP contribution in [0.1, 0.15) is 35.7 Å². The first-order valence-corrected chi connectivity index (χ1v) is 5.61. The molecule has 18 heavy (non-hydrogen) atoms. The van der Waals surface area contributed by atoms with Gasteiger partial charge >= 0.3 is 0 Å². The Balaban J connectivity index is 2.61. The molecule has 0 atom stereocenters. The molecule has 0 heterocycles. The molecule has 0 unspecified atom stereocenters. The summed E-state index contributed by atoms with van der Waals surface area (Å²) < 4.78 is 0. The molecule has 0 bridgehead atoms. The van der Waals surface area contributed by atoms with Gasteiger partial charge in [-0.05, 0) is 24.5 Å². The van der Waals surface area contributed by atoms with E-state index in [0.717, 1.165) is 0 Å². The molecule has 1 amide bonds. The first-order valence-electron chi connectivity index (χ1n) is 5.61. The summed E-state index contributed by atoms with van der Waals surface area (Å²) in [6, 6.07) is 2.75. The highest BCUT2D eigenvalue weighted by atomic mass is 16.6. The molecule has 0 saturated carbocycles. The first kappa shape index (κ1) is 12.2. The zero-order valence-electron chi connectivity index (χ0n) is 9.86. The van der Waals surface area contributed by atoms with E-state index in [9.17, 15) is 19.7 Å². The maximum Gasteiger partial charge on any atom is 0.280 e. The number of hydrogen-bond donors (Lipinski definition) is 1. The molecule has 0 aliphatic heterocycles. The summed E-state index contributed by atoms with van der Waals surface area (Å²) in [5, 5.41) is 13.5. The summed E-state index contributed by atoms with van der Waals surface area (Å²) in [4.78, 5) is 33.3. The number of fused-ring (bicyclic) bond motifs is 1. The van der Waals surface area contributed by atoms with Gasteiger partial charge in [-0.3, -0.25) is 19.7 Å². The first-order chi connectivity index (χ1) is 8.50. The van der Waals surface area contributed by atoms with Crippen molar-refractivity contribution >= 4 is 23.1 Å². The summed E-state index contributed by atoms with van der Waals surface area (Å²) >= 11 is 0. The Bertz CT molecular complexity index is 551. The van der Waals surface area contributed by atoms with Crippen molar-refractivity contribution in [3.8, 4) is 0 Å². The molecule has 6 nitrogen and oxygen atoms in total. The average Bonchev–Trinajstić information content (AvgIpc) is 2.29. The molecule has 94 valence electrons. The van der Waals surface area contributed by atoms with E-state index in [-0.39, 0.29) is 22.9 Å². The zero-order chi connectivity index (χ0) is 13.3. The lowest BCUT2D eigenvalue weighted by Gasteiger charge is -2.18. The SMILES string of the molecule is CC(=O)Nc1ccc([N+](=O)[O-])c2c1CCCC2=O. The van der Waals surface area contributed by atoms with Crippen LogP contribution in [-0.2, 0) is 11.2 Å². The molecule has 1 aliphatic rings. The summed E-state index contributed by atoms with van der Waals surface area (Å²) in [7, 11) is 0. The highest BCUT2D eigenvalue weighted by Gasteiger charge is 2.29. The van der Waals surface area contributed by atoms with E-state index >= 15 is 0 Å². The van der Waals surface area contributed by atoms with Gasteiger partial charge in [-0.2, -0.15) is 0 Å². The smallest absolute Gasteiger partial charge is 0.280 e. The van der Waals surface area contributed by atoms with E-state index in [1.54, 1.807) is 0 Å². The maximum absolute atomic E-state index is 11.8. The Labute approximate surface area is 103 Å². The number of anilines is 1. The third-order valence-corrected chi connectivity index (χ3v) is 2.91. The van der Waals surface area contributed by atoms with Gasteiger partial charge < -0.3 is 5.32 Å². The molecule has 1 aromatic rings. The largest absolute Gasteiger partial charge is 0.326 e. The highest BCUT2D eigenvalue weighted by molar-refractivity contribution is 6.04. The fourth-order valence-corrected chi connectivity index (χ4v) is 2.22. The lowest BCUT2D eigenvalue weighted by Crippen LogP contribution is -2.17. The molecule has 1 N–H and O–H groups in total. The third kappa shape index (κ3) is 2.09. The van der Waals surface area contributed by atoms with Crippen LogP contribution in [0.3, 0.4) is 0 Å². The van der Waals surface area contributed by atoms with Gasteiger partial charge in [-0.1, -0.05) is 0 Å². The summed E-state index contributed by atoms with van der Waals surface area (Å²) in [5.74, 6) is -0.487. The van der Waals surface area contributed by atoms with Crippen molar-refractivity contribution < 1.29 is 14.5 Å². The van der Waals surface area contributed by atoms with Crippen molar-refractivity contribution in [2.24, 2.45) is 0 Å². The van der Waals surface area contributed by atoms with E-state index in [0.29, 0.717) is 30.5 Å². The van der Waals surface area contributed by atoms with Gasteiger partial charge in [0.05, 0.1) is 4.92 Å². The number of amides is 1. The predicted octanol–water partition coefficient (Wildman–Crippen LogP) is 2.07. The number of rotatable bonds is 2. The van der Waals surface area contributed by atoms with E-state index in [1.165, 1.54) is 19.1 Å². The van der Waals surface area contributed by atoms with E-state index in [1.807, 2.05) is 0 Å². The van der Waals surface area contributed by atoms with E-state index < -0.39 is 4.92 Å². The maximum atomic E-state index is 11.8. The monoisotopic (exact) mass is 248 g/mol. The van der Waals surface area contributed by atoms with E-state index in [4.69, 9.17) is 0 Å². The molecule has 0 spiro atoms. The Hall–Kier alpha value is -2.24. The van der Waals surface area contributed by atoms with Crippen molar-refractivity contribution in [3.05, 3.63) is 33.4 Å². The van der Waals surface area contributed by atoms with Crippen molar-refractivity contribution in [1.82, 2.24) is 0 Å². The van der Waals surface area contributed by atoms with Crippen molar-refractivity contribution in [1.29, 1.82) is 0 Å². The summed E-state index contributed by atoms with van der Waals surface area (Å²) in [6.45, 7) is 1.36. The van der Waals surface area contributed by atoms with E-state index in [2.05, 4.69) is 5.32 Å². The Morgan fingerprint density at radius 2 is 2.11 bits per heavy atom. The molecule has 0 aromatic heterocycles. The average molecular weight is 248 g/mol. The molecule has 2 rings (SSSR count). The number of nitro benzene ring substituents is 1. The zero-order valence-corrected chi connectivity index (χ0v) is 9.86. The number of Topliss-reactive ketones (excluding diaryl/α,β-unsaturated/α-hetero) is 1. The Morgan fingerprint density at radius 1 is 1.39 bits per heavy atom. The van der Waals surface area contributed by atoms with Crippen molar-refractivity contribution in [2.75, 3.05) is 5.32 Å². The van der Waals surface area contributed by atoms with Gasteiger partial charge in [-0.25, -0.2) is 0 Å². The Kier molecular flexibility index (Phi) is 3.10. The van der Waals surface area contributed by atoms with Gasteiger partial charge in [-0.15, -0.1) is 0 Å². The number of nitrogens with one attached hydrogen (secondary N) is 1. The normalized spacial score (nSPS) is 13.9. The summed E-state index contributed by atoms with van der Waals surface area (Å²) in [5.41, 5.74) is 1.05. The van der Waals surface area contributed by atoms with Crippen LogP contribution in [0.25, 0.3) is 0 Å². The quantitative estimate of drug-likeness (QED) is 0.640. The van der Waals surface area contributed by atoms with Crippen molar-refractivity contribution in [2.45, 2.75) is 26.2 Å². The highest BCUT2D eigenvalue weighted by Crippen LogP contribution is 2.34. The van der Waals surface area contributed by atoms with Crippen LogP contribution in [0.4, 0.5) is 11.4 Å². The number of benzene rings is 1. The number of carbonyl (C=O) groups is 2. The van der Waals surface area contributed by atoms with Gasteiger partial charge in [0, 0.05) is 25.1 Å². The van der Waals surface area contributed by atoms with Crippen LogP contribution in [0, 0.1) is 10.1 Å². The van der Waals surface area contributed by atoms with Gasteiger partial charge in [0.1, 0.15) is 5.56 Å². The number of carbonyl (C=O) groups excluding carboxylic acids is 2. The lowest BCUT2D eigenvalue weighted by atomic mass is 9.88. The second-order valence-corrected chi connectivity index (χ2v) is 4.20. The van der Waals surface area contributed by atoms with Crippen LogP contribution in [0.2, 0.25) is 0 Å². The lowest BCUT2D eigenvalue weighted by molar-refractivity contribution is -0.385. The topological polar surface area (TPSA) is 89.3 Å². The molecule has 0 radical (unpaired) electrons. The Morgan fingerprint density at radius 3 is 2.72 bits per heavy atom. The molecule has 0 fully saturated rings. The van der Waals surface area contributed by atoms with Crippen LogP contribution < -0.4 is 5.32 Å². The van der Waals surface area contributed by atoms with Crippen LogP contribution in [-0.4, -0.2) is 16.6 Å². The minimum Gasteiger partial charge on any atom is -0.326 e. The number of ketones is 1. The van der Waals surface area contributed by atoms with Crippen molar-refractivity contribution in [3.63, 3.8) is 0 Å². The van der Waals surface area contributed by atoms with Gasteiger partial charge in [0.15, 0.2) is 5.78 Å². The molecule has 0 saturated heterocycles. The second-order valence-electron chi connectivity index (χ2n) is 4.20. The predicted molar refractivity (Wildman–Crippen MR) is 64.7 cm³/mol. The number of nitro groups is 1. The number of hydrogen-bond acceptors (Lipinski definition) is 4. The molecule has 1 aliphatic carbocycles. The van der Waals surface area contributed by atoms with Gasteiger partial charge in [0.2, 0.25) is 5.91 Å². The molecule has 1 aromatic carbocycles. The minimum atomic E-state index is -0.556. The van der Waals surface area contributed by atoms with Crippen LogP contribution in [0.5, 0.6) is 0 Å². The molecular formula is C12H12N2O4. The van der Waals surface area contributed by atoms with Crippen LogP contribution in [0.15, 0.2) is 12.1 Å². The number of nitrogens with zero attached hydrogens (tertiary/aromatic N) is 1. The summed E-state index contributed by atoms with van der Waals surface area (Å²) in [6.07, 6.45) is 1.54. The van der Waals surface area contributed by atoms with Crippen LogP contribution >= 0.6 is 0 Å². The fraction of sp³-hybridized carbons (Fsp3) is 0.333. The molecular weight excluding hydrogens is 236 g/mol. The molecule has 6 heteroatoms. The van der Waals surface area contributed by atoms with Gasteiger partial charge in [0.25, 0.3) is 5.69 Å². The fourth-order valence-electron chi connectivity index (χ4n) is 2.22. The standard InChI is InChI=1S/C12H12N2O4/c1-7(15)13-9-5-6-10(14(17)18)12-8(9)3-2-4-11(12)16/h5-6H,2-4H2,1H3,(H,13,15).